The lowest BCUT2D eigenvalue weighted by molar-refractivity contribution is -0.117. The number of benzene rings is 1. The van der Waals surface area contributed by atoms with Crippen molar-refractivity contribution in [1.82, 2.24) is 4.98 Å². The van der Waals surface area contributed by atoms with E-state index in [2.05, 4.69) is 16.4 Å². The van der Waals surface area contributed by atoms with Gasteiger partial charge in [0.25, 0.3) is 0 Å². The Morgan fingerprint density at radius 2 is 2.17 bits per heavy atom. The SMILES string of the molecule is COc1ccc(C)nc1NC(=O)C1CC12CCOc1ccccc12. The summed E-state index contributed by atoms with van der Waals surface area (Å²) in [7, 11) is 1.58. The van der Waals surface area contributed by atoms with Gasteiger partial charge in [-0.3, -0.25) is 4.79 Å². The van der Waals surface area contributed by atoms with E-state index >= 15 is 0 Å². The second kappa shape index (κ2) is 5.51. The molecule has 0 radical (unpaired) electrons. The molecule has 124 valence electrons. The molecule has 5 heteroatoms. The summed E-state index contributed by atoms with van der Waals surface area (Å²) < 4.78 is 11.0. The second-order valence-electron chi connectivity index (χ2n) is 6.50. The molecule has 1 spiro atoms. The number of fused-ring (bicyclic) bond motifs is 2. The van der Waals surface area contributed by atoms with E-state index in [1.807, 2.05) is 37.3 Å². The van der Waals surface area contributed by atoms with Crippen LogP contribution in [0.2, 0.25) is 0 Å². The first-order valence-corrected chi connectivity index (χ1v) is 8.19. The van der Waals surface area contributed by atoms with Crippen LogP contribution in [0.25, 0.3) is 0 Å². The van der Waals surface area contributed by atoms with Crippen molar-refractivity contribution >= 4 is 11.7 Å². The van der Waals surface area contributed by atoms with Crippen LogP contribution in [0.3, 0.4) is 0 Å². The molecule has 24 heavy (non-hydrogen) atoms. The fraction of sp³-hybridized carbons (Fsp3) is 0.368. The van der Waals surface area contributed by atoms with Gasteiger partial charge in [0, 0.05) is 22.6 Å². The number of rotatable bonds is 3. The predicted octanol–water partition coefficient (Wildman–Crippen LogP) is 3.08. The number of anilines is 1. The quantitative estimate of drug-likeness (QED) is 0.942. The van der Waals surface area contributed by atoms with Gasteiger partial charge in [0.15, 0.2) is 11.6 Å². The lowest BCUT2D eigenvalue weighted by Gasteiger charge is -2.26. The molecule has 2 unspecified atom stereocenters. The Balaban J connectivity index is 1.57. The molecule has 4 rings (SSSR count). The van der Waals surface area contributed by atoms with Crippen LogP contribution in [0, 0.1) is 12.8 Å². The lowest BCUT2D eigenvalue weighted by atomic mass is 9.87. The van der Waals surface area contributed by atoms with E-state index < -0.39 is 0 Å². The number of hydrogen-bond acceptors (Lipinski definition) is 4. The summed E-state index contributed by atoms with van der Waals surface area (Å²) in [6.07, 6.45) is 1.73. The first-order valence-electron chi connectivity index (χ1n) is 8.19. The van der Waals surface area contributed by atoms with Crippen molar-refractivity contribution in [2.24, 2.45) is 5.92 Å². The predicted molar refractivity (Wildman–Crippen MR) is 90.5 cm³/mol. The molecule has 1 aromatic carbocycles. The zero-order valence-electron chi connectivity index (χ0n) is 13.8. The van der Waals surface area contributed by atoms with Crippen molar-refractivity contribution in [1.29, 1.82) is 0 Å². The first-order chi connectivity index (χ1) is 11.6. The highest BCUT2D eigenvalue weighted by Crippen LogP contribution is 2.60. The van der Waals surface area contributed by atoms with E-state index in [0.717, 1.165) is 29.8 Å². The van der Waals surface area contributed by atoms with Crippen LogP contribution in [0.4, 0.5) is 5.82 Å². The second-order valence-corrected chi connectivity index (χ2v) is 6.50. The Kier molecular flexibility index (Phi) is 3.44. The Hall–Kier alpha value is -2.56. The highest BCUT2D eigenvalue weighted by atomic mass is 16.5. The number of amides is 1. The van der Waals surface area contributed by atoms with E-state index in [9.17, 15) is 4.79 Å². The average Bonchev–Trinajstić information content (AvgIpc) is 3.30. The van der Waals surface area contributed by atoms with Crippen LogP contribution in [0.1, 0.15) is 24.1 Å². The molecule has 1 N–H and O–H groups in total. The maximum absolute atomic E-state index is 12.8. The molecule has 2 aromatic rings. The fourth-order valence-corrected chi connectivity index (χ4v) is 3.71. The molecule has 0 saturated heterocycles. The zero-order chi connectivity index (χ0) is 16.7. The molecule has 1 amide bonds. The van der Waals surface area contributed by atoms with Gasteiger partial charge in [-0.05, 0) is 38.0 Å². The third-order valence-electron chi connectivity index (χ3n) is 5.08. The van der Waals surface area contributed by atoms with Crippen molar-refractivity contribution < 1.29 is 14.3 Å². The molecule has 1 aliphatic carbocycles. The summed E-state index contributed by atoms with van der Waals surface area (Å²) in [5, 5.41) is 2.95. The molecule has 2 heterocycles. The van der Waals surface area contributed by atoms with Crippen molar-refractivity contribution in [3.63, 3.8) is 0 Å². The summed E-state index contributed by atoms with van der Waals surface area (Å²) in [6, 6.07) is 11.7. The zero-order valence-corrected chi connectivity index (χ0v) is 13.8. The molecule has 2 aliphatic rings. The van der Waals surface area contributed by atoms with Crippen molar-refractivity contribution in [2.45, 2.75) is 25.2 Å². The smallest absolute Gasteiger partial charge is 0.229 e. The molecule has 1 saturated carbocycles. The molecular formula is C19H20N2O3. The minimum Gasteiger partial charge on any atom is -0.493 e. The van der Waals surface area contributed by atoms with Crippen LogP contribution in [0.5, 0.6) is 11.5 Å². The average molecular weight is 324 g/mol. The van der Waals surface area contributed by atoms with Crippen molar-refractivity contribution in [2.75, 3.05) is 19.0 Å². The maximum atomic E-state index is 12.8. The minimum atomic E-state index is -0.0873. The van der Waals surface area contributed by atoms with Crippen LogP contribution < -0.4 is 14.8 Å². The third kappa shape index (κ3) is 2.31. The number of aryl methyl sites for hydroxylation is 1. The van der Waals surface area contributed by atoms with E-state index in [0.29, 0.717) is 18.2 Å². The highest BCUT2D eigenvalue weighted by Gasteiger charge is 2.61. The number of pyridine rings is 1. The number of aromatic nitrogens is 1. The van der Waals surface area contributed by atoms with Crippen LogP contribution in [-0.4, -0.2) is 24.6 Å². The highest BCUT2D eigenvalue weighted by molar-refractivity contribution is 5.96. The fourth-order valence-electron chi connectivity index (χ4n) is 3.71. The molecule has 0 bridgehead atoms. The van der Waals surface area contributed by atoms with Crippen LogP contribution >= 0.6 is 0 Å². The molecule has 1 aromatic heterocycles. The number of nitrogens with one attached hydrogen (secondary N) is 1. The monoisotopic (exact) mass is 324 g/mol. The van der Waals surface area contributed by atoms with E-state index in [-0.39, 0.29) is 17.2 Å². The Morgan fingerprint density at radius 1 is 1.33 bits per heavy atom. The third-order valence-corrected chi connectivity index (χ3v) is 5.08. The number of nitrogens with zero attached hydrogens (tertiary/aromatic N) is 1. The van der Waals surface area contributed by atoms with Crippen LogP contribution in [-0.2, 0) is 10.2 Å². The summed E-state index contributed by atoms with van der Waals surface area (Å²) >= 11 is 0. The molecule has 1 fully saturated rings. The van der Waals surface area contributed by atoms with Gasteiger partial charge in [-0.25, -0.2) is 4.98 Å². The van der Waals surface area contributed by atoms with E-state index in [4.69, 9.17) is 9.47 Å². The number of carbonyl (C=O) groups is 1. The molecule has 2 atom stereocenters. The van der Waals surface area contributed by atoms with Gasteiger partial charge < -0.3 is 14.8 Å². The topological polar surface area (TPSA) is 60.5 Å². The Morgan fingerprint density at radius 3 is 3.00 bits per heavy atom. The summed E-state index contributed by atoms with van der Waals surface area (Å²) in [6.45, 7) is 2.55. The van der Waals surface area contributed by atoms with Gasteiger partial charge in [-0.1, -0.05) is 18.2 Å². The van der Waals surface area contributed by atoms with Crippen molar-refractivity contribution in [3.05, 3.63) is 47.7 Å². The standard InChI is InChI=1S/C19H20N2O3/c1-12-7-8-16(23-2)17(20-12)21-18(22)14-11-19(14)9-10-24-15-6-4-3-5-13(15)19/h3-8,14H,9-11H2,1-2H3,(H,20,21,22). The Bertz CT molecular complexity index is 805. The van der Waals surface area contributed by atoms with Gasteiger partial charge in [0.2, 0.25) is 5.91 Å². The van der Waals surface area contributed by atoms with Gasteiger partial charge in [0.1, 0.15) is 5.75 Å². The van der Waals surface area contributed by atoms with Gasteiger partial charge >= 0.3 is 0 Å². The molecular weight excluding hydrogens is 304 g/mol. The normalized spacial score (nSPS) is 24.0. The summed E-state index contributed by atoms with van der Waals surface area (Å²) in [5.74, 6) is 1.93. The first kappa shape index (κ1) is 15.0. The molecule has 1 aliphatic heterocycles. The number of hydrogen-bond donors (Lipinski definition) is 1. The van der Waals surface area contributed by atoms with Crippen molar-refractivity contribution in [3.8, 4) is 11.5 Å². The minimum absolute atomic E-state index is 0.00287. The lowest BCUT2D eigenvalue weighted by Crippen LogP contribution is -2.27. The molecule has 5 nitrogen and oxygen atoms in total. The number of para-hydroxylation sites is 1. The maximum Gasteiger partial charge on any atom is 0.229 e. The largest absolute Gasteiger partial charge is 0.493 e. The number of methoxy groups -OCH3 is 1. The Labute approximate surface area is 141 Å². The van der Waals surface area contributed by atoms with E-state index in [1.165, 1.54) is 0 Å². The van der Waals surface area contributed by atoms with Gasteiger partial charge in [0.05, 0.1) is 13.7 Å². The van der Waals surface area contributed by atoms with Gasteiger partial charge in [-0.15, -0.1) is 0 Å². The summed E-state index contributed by atoms with van der Waals surface area (Å²) in [5.41, 5.74) is 1.91. The number of ether oxygens (including phenoxy) is 2. The van der Waals surface area contributed by atoms with Gasteiger partial charge in [-0.2, -0.15) is 0 Å². The number of carbonyl (C=O) groups excluding carboxylic acids is 1. The summed E-state index contributed by atoms with van der Waals surface area (Å²) in [4.78, 5) is 17.2. The van der Waals surface area contributed by atoms with E-state index in [1.54, 1.807) is 7.11 Å². The van der Waals surface area contributed by atoms with Crippen LogP contribution in [0.15, 0.2) is 36.4 Å².